The molecule has 1 heterocycles. The van der Waals surface area contributed by atoms with Crippen molar-refractivity contribution < 1.29 is 0 Å². The maximum absolute atomic E-state index is 2.45. The molecule has 1 aliphatic rings. The van der Waals surface area contributed by atoms with E-state index in [9.17, 15) is 0 Å². The van der Waals surface area contributed by atoms with E-state index in [2.05, 4.69) is 37.9 Å². The summed E-state index contributed by atoms with van der Waals surface area (Å²) < 4.78 is 0. The van der Waals surface area contributed by atoms with Crippen molar-refractivity contribution in [2.45, 2.75) is 39.7 Å². The first-order chi connectivity index (χ1) is 7.24. The Balaban J connectivity index is 2.41. The largest absolute Gasteiger partial charge is 0.302 e. The molecular weight excluding hydrogens is 182 g/mol. The fourth-order valence-corrected chi connectivity index (χ4v) is 2.51. The summed E-state index contributed by atoms with van der Waals surface area (Å²) in [6, 6.07) is 4.88. The lowest BCUT2D eigenvalue weighted by Crippen LogP contribution is -2.26. The fourth-order valence-electron chi connectivity index (χ4n) is 2.51. The summed E-state index contributed by atoms with van der Waals surface area (Å²) in [5.74, 6) is 0. The highest BCUT2D eigenvalue weighted by atomic mass is 15.1. The van der Waals surface area contributed by atoms with Gasteiger partial charge in [0.05, 0.1) is 0 Å². The van der Waals surface area contributed by atoms with E-state index in [4.69, 9.17) is 0 Å². The molecule has 0 atom stereocenters. The van der Waals surface area contributed by atoms with E-state index < -0.39 is 0 Å². The van der Waals surface area contributed by atoms with Crippen molar-refractivity contribution >= 4 is 0 Å². The van der Waals surface area contributed by atoms with Crippen LogP contribution in [-0.4, -0.2) is 18.5 Å². The number of hydrogen-bond donors (Lipinski definition) is 0. The topological polar surface area (TPSA) is 3.24 Å². The lowest BCUT2D eigenvalue weighted by atomic mass is 9.92. The van der Waals surface area contributed by atoms with E-state index in [1.165, 1.54) is 25.8 Å². The van der Waals surface area contributed by atoms with Crippen LogP contribution in [0.4, 0.5) is 0 Å². The number of benzene rings is 1. The third kappa shape index (κ3) is 2.07. The maximum Gasteiger partial charge on any atom is 0.0233 e. The first-order valence-corrected chi connectivity index (χ1v) is 6.06. The molecule has 15 heavy (non-hydrogen) atoms. The second-order valence-corrected chi connectivity index (χ2v) is 4.58. The van der Waals surface area contributed by atoms with Gasteiger partial charge in [-0.25, -0.2) is 0 Å². The van der Waals surface area contributed by atoms with Gasteiger partial charge < -0.3 is 4.90 Å². The van der Waals surface area contributed by atoms with Gasteiger partial charge in [0.25, 0.3) is 0 Å². The Kier molecular flexibility index (Phi) is 3.11. The molecule has 0 aromatic heterocycles. The van der Waals surface area contributed by atoms with Crippen LogP contribution in [0.25, 0.3) is 0 Å². The molecule has 2 rings (SSSR count). The molecule has 0 bridgehead atoms. The fraction of sp³-hybridized carbons (Fsp3) is 0.571. The Hall–Kier alpha value is -0.820. The summed E-state index contributed by atoms with van der Waals surface area (Å²) in [6.45, 7) is 6.86. The monoisotopic (exact) mass is 203 g/mol. The zero-order chi connectivity index (χ0) is 10.8. The molecular formula is C14H21N. The highest BCUT2D eigenvalue weighted by Crippen LogP contribution is 2.23. The lowest BCUT2D eigenvalue weighted by molar-refractivity contribution is 0.312. The summed E-state index contributed by atoms with van der Waals surface area (Å²) in [5.41, 5.74) is 6.24. The van der Waals surface area contributed by atoms with E-state index >= 15 is 0 Å². The van der Waals surface area contributed by atoms with Gasteiger partial charge in [-0.3, -0.25) is 0 Å². The van der Waals surface area contributed by atoms with Crippen LogP contribution < -0.4 is 0 Å². The summed E-state index contributed by atoms with van der Waals surface area (Å²) >= 11 is 0. The van der Waals surface area contributed by atoms with Crippen molar-refractivity contribution in [1.82, 2.24) is 4.90 Å². The van der Waals surface area contributed by atoms with Gasteiger partial charge in [-0.2, -0.15) is 0 Å². The normalized spacial score (nSPS) is 16.5. The number of fused-ring (bicyclic) bond motifs is 1. The molecule has 1 aliphatic heterocycles. The molecule has 0 saturated carbocycles. The Morgan fingerprint density at radius 1 is 1.07 bits per heavy atom. The molecule has 0 unspecified atom stereocenters. The summed E-state index contributed by atoms with van der Waals surface area (Å²) in [4.78, 5) is 2.41. The zero-order valence-corrected chi connectivity index (χ0v) is 10.1. The Morgan fingerprint density at radius 2 is 1.67 bits per heavy atom. The van der Waals surface area contributed by atoms with Crippen LogP contribution in [0.5, 0.6) is 0 Å². The van der Waals surface area contributed by atoms with Crippen LogP contribution in [0, 0.1) is 0 Å². The highest BCUT2D eigenvalue weighted by molar-refractivity contribution is 5.39. The molecule has 0 spiro atoms. The van der Waals surface area contributed by atoms with Gasteiger partial charge in [0, 0.05) is 13.1 Å². The molecule has 0 N–H and O–H groups in total. The number of aryl methyl sites for hydroxylation is 2. The predicted octanol–water partition coefficient (Wildman–Crippen LogP) is 2.80. The maximum atomic E-state index is 2.45. The molecule has 0 fully saturated rings. The quantitative estimate of drug-likeness (QED) is 0.714. The van der Waals surface area contributed by atoms with Crippen LogP contribution >= 0.6 is 0 Å². The Bertz CT molecular complexity index is 355. The minimum absolute atomic E-state index is 1.13. The van der Waals surface area contributed by atoms with Gasteiger partial charge >= 0.3 is 0 Å². The molecule has 0 radical (unpaired) electrons. The molecule has 82 valence electrons. The van der Waals surface area contributed by atoms with Gasteiger partial charge in [-0.05, 0) is 48.6 Å². The zero-order valence-electron chi connectivity index (χ0n) is 10.1. The van der Waals surface area contributed by atoms with Crippen LogP contribution in [0.1, 0.15) is 36.1 Å². The van der Waals surface area contributed by atoms with E-state index in [-0.39, 0.29) is 0 Å². The third-order valence-electron chi connectivity index (χ3n) is 3.49. The van der Waals surface area contributed by atoms with Crippen LogP contribution in [0.3, 0.4) is 0 Å². The second-order valence-electron chi connectivity index (χ2n) is 4.58. The smallest absolute Gasteiger partial charge is 0.0233 e. The van der Waals surface area contributed by atoms with Crippen LogP contribution in [-0.2, 0) is 25.8 Å². The molecule has 0 aliphatic carbocycles. The van der Waals surface area contributed by atoms with Crippen molar-refractivity contribution in [3.8, 4) is 0 Å². The molecule has 0 amide bonds. The molecule has 1 aromatic carbocycles. The first-order valence-electron chi connectivity index (χ1n) is 6.06. The summed E-state index contributed by atoms with van der Waals surface area (Å²) in [6.07, 6.45) is 3.56. The van der Waals surface area contributed by atoms with E-state index in [0.29, 0.717) is 0 Å². The molecule has 1 nitrogen and oxygen atoms in total. The van der Waals surface area contributed by atoms with Gasteiger partial charge in [-0.1, -0.05) is 26.0 Å². The number of rotatable bonds is 2. The van der Waals surface area contributed by atoms with Crippen molar-refractivity contribution in [1.29, 1.82) is 0 Å². The highest BCUT2D eigenvalue weighted by Gasteiger charge is 2.14. The predicted molar refractivity (Wildman–Crippen MR) is 65.2 cm³/mol. The molecule has 0 saturated heterocycles. The van der Waals surface area contributed by atoms with Gasteiger partial charge in [0.1, 0.15) is 0 Å². The Morgan fingerprint density at radius 3 is 2.27 bits per heavy atom. The molecule has 1 heteroatoms. The number of hydrogen-bond acceptors (Lipinski definition) is 1. The van der Waals surface area contributed by atoms with Gasteiger partial charge in [-0.15, -0.1) is 0 Å². The standard InChI is InChI=1S/C14H21N/c1-4-11-8-13-6-7-15(3)10-14(13)9-12(11)5-2/h8-9H,4-7,10H2,1-3H3. The third-order valence-corrected chi connectivity index (χ3v) is 3.49. The van der Waals surface area contributed by atoms with Crippen LogP contribution in [0.2, 0.25) is 0 Å². The minimum Gasteiger partial charge on any atom is -0.302 e. The van der Waals surface area contributed by atoms with Gasteiger partial charge in [0.2, 0.25) is 0 Å². The van der Waals surface area contributed by atoms with Gasteiger partial charge in [0.15, 0.2) is 0 Å². The number of nitrogens with zero attached hydrogens (tertiary/aromatic N) is 1. The SMILES string of the molecule is CCc1cc2c(cc1CC)CN(C)CC2. The first kappa shape index (κ1) is 10.7. The average Bonchev–Trinajstić information content (AvgIpc) is 2.27. The van der Waals surface area contributed by atoms with Crippen molar-refractivity contribution in [2.24, 2.45) is 0 Å². The number of likely N-dealkylation sites (N-methyl/N-ethyl adjacent to an activating group) is 1. The van der Waals surface area contributed by atoms with Crippen molar-refractivity contribution in [3.63, 3.8) is 0 Å². The minimum atomic E-state index is 1.13. The summed E-state index contributed by atoms with van der Waals surface area (Å²) in [7, 11) is 2.21. The van der Waals surface area contributed by atoms with Crippen molar-refractivity contribution in [3.05, 3.63) is 34.4 Å². The lowest BCUT2D eigenvalue weighted by Gasteiger charge is -2.26. The summed E-state index contributed by atoms with van der Waals surface area (Å²) in [5, 5.41) is 0. The van der Waals surface area contributed by atoms with E-state index in [0.717, 1.165) is 6.54 Å². The average molecular weight is 203 g/mol. The van der Waals surface area contributed by atoms with Crippen LogP contribution in [0.15, 0.2) is 12.1 Å². The van der Waals surface area contributed by atoms with E-state index in [1.807, 2.05) is 0 Å². The second kappa shape index (κ2) is 4.36. The molecule has 1 aromatic rings. The van der Waals surface area contributed by atoms with Crippen molar-refractivity contribution in [2.75, 3.05) is 13.6 Å². The Labute approximate surface area is 93.1 Å². The van der Waals surface area contributed by atoms with E-state index in [1.54, 1.807) is 22.3 Å².